The first kappa shape index (κ1) is 39.9. The minimum atomic E-state index is -3.49. The van der Waals surface area contributed by atoms with Gasteiger partial charge in [-0.3, -0.25) is 4.90 Å². The van der Waals surface area contributed by atoms with E-state index in [2.05, 4.69) is 28.0 Å². The summed E-state index contributed by atoms with van der Waals surface area (Å²) < 4.78 is 26.7. The number of carboxylic acids is 4. The Labute approximate surface area is 282 Å². The van der Waals surface area contributed by atoms with E-state index >= 15 is 0 Å². The van der Waals surface area contributed by atoms with E-state index in [-0.39, 0.29) is 6.61 Å². The monoisotopic (exact) mass is 705 g/mol. The van der Waals surface area contributed by atoms with E-state index < -0.39 is 33.9 Å². The Morgan fingerprint density at radius 2 is 1.23 bits per heavy atom. The van der Waals surface area contributed by atoms with Crippen molar-refractivity contribution in [1.82, 2.24) is 14.1 Å². The molecule has 0 unspecified atom stereocenters. The number of benzene rings is 2. The quantitative estimate of drug-likeness (QED) is 0.181. The highest BCUT2D eigenvalue weighted by atomic mass is 32.2. The number of β-amino-alcohol motifs (C(OH)–C–C–N with tert-alkyl or cyclic N) is 1. The highest BCUT2D eigenvalue weighted by Crippen LogP contribution is 2.46. The van der Waals surface area contributed by atoms with Gasteiger partial charge in [0.2, 0.25) is 10.0 Å². The highest BCUT2D eigenvalue weighted by Gasteiger charge is 2.25. The molecule has 0 aromatic heterocycles. The number of carboxylic acid groups (broad SMARTS) is 4. The van der Waals surface area contributed by atoms with E-state index in [1.165, 1.54) is 9.20 Å². The van der Waals surface area contributed by atoms with Crippen molar-refractivity contribution in [3.05, 3.63) is 84.0 Å². The molecule has 2 aliphatic heterocycles. The van der Waals surface area contributed by atoms with Crippen LogP contribution in [0.2, 0.25) is 0 Å². The van der Waals surface area contributed by atoms with Crippen LogP contribution in [0.15, 0.2) is 87.5 Å². The number of aliphatic hydroxyl groups is 1. The summed E-state index contributed by atoms with van der Waals surface area (Å²) in [4.78, 5) is 45.6. The van der Waals surface area contributed by atoms with Crippen molar-refractivity contribution in [2.24, 2.45) is 0 Å². The van der Waals surface area contributed by atoms with Gasteiger partial charge in [-0.1, -0.05) is 36.0 Å². The number of nitrogens with zero attached hydrogens (tertiary/aromatic N) is 3. The normalized spacial score (nSPS) is 15.6. The summed E-state index contributed by atoms with van der Waals surface area (Å²) in [6.07, 6.45) is 5.40. The molecule has 0 bridgehead atoms. The number of aliphatic carboxylic acids is 4. The van der Waals surface area contributed by atoms with Crippen molar-refractivity contribution in [2.45, 2.75) is 21.1 Å². The average Bonchev–Trinajstić information content (AvgIpc) is 3.03. The number of fused-ring (bicyclic) bond motifs is 2. The first-order chi connectivity index (χ1) is 22.6. The van der Waals surface area contributed by atoms with Crippen LogP contribution >= 0.6 is 11.8 Å². The molecule has 1 saturated heterocycles. The van der Waals surface area contributed by atoms with Crippen molar-refractivity contribution < 1.29 is 53.1 Å². The van der Waals surface area contributed by atoms with Crippen LogP contribution in [0.4, 0.5) is 0 Å². The van der Waals surface area contributed by atoms with E-state index in [0.717, 1.165) is 67.3 Å². The third kappa shape index (κ3) is 13.1. The smallest absolute Gasteiger partial charge is 0.328 e. The van der Waals surface area contributed by atoms with E-state index in [4.69, 9.17) is 25.5 Å². The number of piperazine rings is 1. The first-order valence-electron chi connectivity index (χ1n) is 14.5. The van der Waals surface area contributed by atoms with Gasteiger partial charge in [0.1, 0.15) is 0 Å². The second-order valence-electron chi connectivity index (χ2n) is 10.4. The van der Waals surface area contributed by atoms with Gasteiger partial charge in [-0.05, 0) is 47.4 Å². The Kier molecular flexibility index (Phi) is 16.2. The summed E-state index contributed by atoms with van der Waals surface area (Å²) in [5.74, 6) is -5.03. The lowest BCUT2D eigenvalue weighted by Crippen LogP contribution is -2.47. The Morgan fingerprint density at radius 1 is 0.750 bits per heavy atom. The van der Waals surface area contributed by atoms with Crippen molar-refractivity contribution in [3.8, 4) is 0 Å². The molecule has 5 N–H and O–H groups in total. The molecule has 260 valence electrons. The molecule has 2 aliphatic rings. The minimum Gasteiger partial charge on any atom is -0.478 e. The van der Waals surface area contributed by atoms with E-state index in [1.54, 1.807) is 31.9 Å². The maximum Gasteiger partial charge on any atom is 0.328 e. The standard InChI is InChI=1S/C24H31N3O3S2.2C4H4O4/c1-25(2)32(29,30)19-9-10-24-22(18-19)20(21-6-3-4-8-23(21)31-24)7-5-11-26-12-14-27(15-13-26)16-17-28;2*5-3(6)1-2-4(7)8/h3-4,6-10,18,28H,5,11-17H2,1-2H3;2*1-2H,(H,5,6)(H,7,8)/b20-7-;2*2-1-. The Balaban J connectivity index is 0.000000414. The molecule has 2 aromatic carbocycles. The van der Waals surface area contributed by atoms with E-state index in [9.17, 15) is 27.6 Å². The van der Waals surface area contributed by atoms with Crippen molar-refractivity contribution >= 4 is 51.2 Å². The number of hydrogen-bond acceptors (Lipinski definition) is 10. The zero-order chi connectivity index (χ0) is 35.9. The van der Waals surface area contributed by atoms with Crippen LogP contribution < -0.4 is 0 Å². The van der Waals surface area contributed by atoms with E-state index in [1.807, 2.05) is 24.3 Å². The maximum atomic E-state index is 12.7. The van der Waals surface area contributed by atoms with Crippen molar-refractivity contribution in [1.29, 1.82) is 0 Å². The Hall–Kier alpha value is -4.32. The summed E-state index contributed by atoms with van der Waals surface area (Å²) in [6, 6.07) is 13.8. The van der Waals surface area contributed by atoms with Crippen molar-refractivity contribution in [3.63, 3.8) is 0 Å². The molecule has 0 aliphatic carbocycles. The molecule has 2 heterocycles. The molecule has 16 heteroatoms. The lowest BCUT2D eigenvalue weighted by Gasteiger charge is -2.34. The minimum absolute atomic E-state index is 0.217. The topological polar surface area (TPSA) is 213 Å². The number of hydrogen-bond donors (Lipinski definition) is 5. The predicted molar refractivity (Wildman–Crippen MR) is 178 cm³/mol. The van der Waals surface area contributed by atoms with Gasteiger partial charge in [-0.25, -0.2) is 31.9 Å². The summed E-state index contributed by atoms with van der Waals surface area (Å²) >= 11 is 1.69. The number of sulfonamides is 1. The van der Waals surface area contributed by atoms with Gasteiger partial charge < -0.3 is 30.4 Å². The van der Waals surface area contributed by atoms with Gasteiger partial charge >= 0.3 is 23.9 Å². The van der Waals surface area contributed by atoms with Crippen LogP contribution in [0, 0.1) is 0 Å². The predicted octanol–water partition coefficient (Wildman–Crippen LogP) is 2.26. The molecule has 14 nitrogen and oxygen atoms in total. The number of rotatable bonds is 11. The average molecular weight is 706 g/mol. The summed E-state index contributed by atoms with van der Waals surface area (Å²) in [6.45, 7) is 5.94. The fourth-order valence-electron chi connectivity index (χ4n) is 4.50. The van der Waals surface area contributed by atoms with E-state index in [0.29, 0.717) is 29.2 Å². The van der Waals surface area contributed by atoms with Gasteiger partial charge in [0, 0.05) is 87.5 Å². The lowest BCUT2D eigenvalue weighted by molar-refractivity contribution is -0.134. The second-order valence-corrected chi connectivity index (χ2v) is 13.6. The van der Waals surface area contributed by atoms with Crippen LogP contribution in [-0.2, 0) is 29.2 Å². The fraction of sp³-hybridized carbons (Fsp3) is 0.312. The third-order valence-electron chi connectivity index (χ3n) is 6.83. The van der Waals surface area contributed by atoms with Crippen molar-refractivity contribution in [2.75, 3.05) is 60.0 Å². The maximum absolute atomic E-state index is 12.7. The molecule has 2 aromatic rings. The summed E-state index contributed by atoms with van der Waals surface area (Å²) in [5, 5.41) is 40.4. The molecular weight excluding hydrogens is 666 g/mol. The molecule has 0 spiro atoms. The number of aliphatic hydroxyl groups excluding tert-OH is 1. The zero-order valence-corrected chi connectivity index (χ0v) is 28.1. The largest absolute Gasteiger partial charge is 0.478 e. The Bertz CT molecular complexity index is 1580. The van der Waals surface area contributed by atoms with Crippen LogP contribution in [0.1, 0.15) is 17.5 Å². The molecule has 0 radical (unpaired) electrons. The van der Waals surface area contributed by atoms with Crippen LogP contribution in [0.25, 0.3) is 5.57 Å². The van der Waals surface area contributed by atoms with Gasteiger partial charge in [0.15, 0.2) is 0 Å². The van der Waals surface area contributed by atoms with Gasteiger partial charge in [0.25, 0.3) is 0 Å². The molecule has 0 amide bonds. The molecule has 1 fully saturated rings. The molecule has 0 saturated carbocycles. The van der Waals surface area contributed by atoms with Crippen LogP contribution in [0.3, 0.4) is 0 Å². The molecule has 48 heavy (non-hydrogen) atoms. The molecule has 4 rings (SSSR count). The number of carbonyl (C=O) groups is 4. The first-order valence-corrected chi connectivity index (χ1v) is 16.8. The summed E-state index contributed by atoms with van der Waals surface area (Å²) in [5.41, 5.74) is 3.27. The molecule has 0 atom stereocenters. The van der Waals surface area contributed by atoms with Gasteiger partial charge in [0.05, 0.1) is 11.5 Å². The third-order valence-corrected chi connectivity index (χ3v) is 9.79. The fourth-order valence-corrected chi connectivity index (χ4v) is 6.51. The summed E-state index contributed by atoms with van der Waals surface area (Å²) in [7, 11) is -0.362. The second kappa shape index (κ2) is 19.5. The zero-order valence-electron chi connectivity index (χ0n) is 26.4. The molecular formula is C32H39N3O11S2. The Morgan fingerprint density at radius 3 is 1.71 bits per heavy atom. The highest BCUT2D eigenvalue weighted by molar-refractivity contribution is 7.99. The van der Waals surface area contributed by atoms with Gasteiger partial charge in [-0.2, -0.15) is 0 Å². The van der Waals surface area contributed by atoms with Gasteiger partial charge in [-0.15, -0.1) is 0 Å². The van der Waals surface area contributed by atoms with Crippen LogP contribution in [0.5, 0.6) is 0 Å². The van der Waals surface area contributed by atoms with Crippen LogP contribution in [-0.4, -0.2) is 132 Å². The lowest BCUT2D eigenvalue weighted by atomic mass is 9.96. The SMILES string of the molecule is CN(C)S(=O)(=O)c1ccc2c(c1)/C(=C\CCN1CCN(CCO)CC1)c1ccccc1S2.O=C(O)/C=C\C(=O)O.O=C(O)/C=C\C(=O)O.